The minimum absolute atomic E-state index is 0.218. The Kier molecular flexibility index (Phi) is 7.07. The largest absolute Gasteiger partial charge is 0.460 e. The number of hydrogen-bond donors (Lipinski definition) is 2. The van der Waals surface area contributed by atoms with Gasteiger partial charge in [-0.15, -0.1) is 0 Å². The number of aliphatic imine (C=N–C) groups is 1. The zero-order valence-electron chi connectivity index (χ0n) is 14.9. The van der Waals surface area contributed by atoms with Gasteiger partial charge in [-0.25, -0.2) is 0 Å². The van der Waals surface area contributed by atoms with Gasteiger partial charge in [-0.3, -0.25) is 9.79 Å². The maximum atomic E-state index is 11.6. The number of benzene rings is 1. The smallest absolute Gasteiger partial charge is 0.308 e. The number of rotatable bonds is 6. The van der Waals surface area contributed by atoms with E-state index in [-0.39, 0.29) is 12.4 Å². The number of carbonyl (C=O) groups is 1. The summed E-state index contributed by atoms with van der Waals surface area (Å²) in [6.45, 7) is 10.1. The highest BCUT2D eigenvalue weighted by atomic mass is 16.6. The Morgan fingerprint density at radius 1 is 1.22 bits per heavy atom. The maximum absolute atomic E-state index is 11.6. The number of aryl methyl sites for hydroxylation is 2. The molecule has 0 radical (unpaired) electrons. The molecule has 128 valence electrons. The number of nitrogens with one attached hydrogen (secondary N) is 1. The van der Waals surface area contributed by atoms with E-state index < -0.39 is 5.60 Å². The highest BCUT2D eigenvalue weighted by Crippen LogP contribution is 2.22. The summed E-state index contributed by atoms with van der Waals surface area (Å²) in [5, 5.41) is 3.18. The number of ether oxygens (including phenoxy) is 1. The van der Waals surface area contributed by atoms with Gasteiger partial charge in [0.25, 0.3) is 0 Å². The second-order valence-electron chi connectivity index (χ2n) is 6.39. The average molecular weight is 319 g/mol. The molecular formula is C18H29N3O2. The van der Waals surface area contributed by atoms with Crippen molar-refractivity contribution in [1.29, 1.82) is 0 Å². The summed E-state index contributed by atoms with van der Waals surface area (Å²) in [6, 6.07) is 6.21. The van der Waals surface area contributed by atoms with Crippen molar-refractivity contribution < 1.29 is 9.53 Å². The molecule has 1 aromatic carbocycles. The Hall–Kier alpha value is -2.04. The summed E-state index contributed by atoms with van der Waals surface area (Å²) in [4.78, 5) is 15.9. The molecule has 5 heteroatoms. The Labute approximate surface area is 139 Å². The van der Waals surface area contributed by atoms with E-state index in [1.165, 1.54) is 11.1 Å². The van der Waals surface area contributed by atoms with Crippen molar-refractivity contribution in [2.24, 2.45) is 10.7 Å². The fourth-order valence-electron chi connectivity index (χ4n) is 2.23. The summed E-state index contributed by atoms with van der Waals surface area (Å²) in [5.41, 5.74) is 8.91. The van der Waals surface area contributed by atoms with E-state index >= 15 is 0 Å². The summed E-state index contributed by atoms with van der Waals surface area (Å²) in [7, 11) is 0. The molecule has 0 aliphatic carbocycles. The van der Waals surface area contributed by atoms with Gasteiger partial charge in [0.1, 0.15) is 5.60 Å². The normalized spacial score (nSPS) is 12.1. The first-order valence-corrected chi connectivity index (χ1v) is 8.16. The number of nitrogens with two attached hydrogens (primary N) is 1. The molecule has 1 aromatic rings. The van der Waals surface area contributed by atoms with Crippen molar-refractivity contribution in [3.63, 3.8) is 0 Å². The van der Waals surface area contributed by atoms with Gasteiger partial charge in [0.2, 0.25) is 0 Å². The molecule has 5 nitrogen and oxygen atoms in total. The van der Waals surface area contributed by atoms with Crippen LogP contribution in [0.4, 0.5) is 5.69 Å². The molecule has 0 atom stereocenters. The molecule has 0 aliphatic rings. The van der Waals surface area contributed by atoms with Gasteiger partial charge in [-0.05, 0) is 44.7 Å². The topological polar surface area (TPSA) is 76.7 Å². The van der Waals surface area contributed by atoms with Crippen LogP contribution in [0.2, 0.25) is 0 Å². The van der Waals surface area contributed by atoms with Crippen molar-refractivity contribution >= 4 is 17.6 Å². The first-order chi connectivity index (χ1) is 10.8. The Bertz CT molecular complexity index is 538. The van der Waals surface area contributed by atoms with Crippen LogP contribution < -0.4 is 11.1 Å². The van der Waals surface area contributed by atoms with Crippen LogP contribution in [0, 0.1) is 0 Å². The lowest BCUT2D eigenvalue weighted by molar-refractivity contribution is -0.154. The third-order valence-electron chi connectivity index (χ3n) is 3.27. The number of guanidine groups is 1. The summed E-state index contributed by atoms with van der Waals surface area (Å²) in [5.74, 6) is 0.0569. The Balaban J connectivity index is 2.66. The molecule has 0 spiro atoms. The quantitative estimate of drug-likeness (QED) is 0.479. The van der Waals surface area contributed by atoms with Gasteiger partial charge < -0.3 is 15.8 Å². The zero-order valence-corrected chi connectivity index (χ0v) is 14.9. The first kappa shape index (κ1) is 19.0. The molecule has 0 saturated heterocycles. The van der Waals surface area contributed by atoms with Crippen molar-refractivity contribution in [2.75, 3.05) is 11.9 Å². The van der Waals surface area contributed by atoms with Crippen LogP contribution in [0.3, 0.4) is 0 Å². The van der Waals surface area contributed by atoms with E-state index in [1.807, 2.05) is 20.8 Å². The molecule has 0 aromatic heterocycles. The predicted molar refractivity (Wildman–Crippen MR) is 95.8 cm³/mol. The molecule has 0 aliphatic heterocycles. The first-order valence-electron chi connectivity index (χ1n) is 8.16. The van der Waals surface area contributed by atoms with Crippen molar-refractivity contribution in [3.8, 4) is 0 Å². The summed E-state index contributed by atoms with van der Waals surface area (Å²) in [6.07, 6.45) is 2.05. The van der Waals surface area contributed by atoms with Gasteiger partial charge in [-0.1, -0.05) is 32.0 Å². The molecule has 3 N–H and O–H groups in total. The minimum Gasteiger partial charge on any atom is -0.460 e. The van der Waals surface area contributed by atoms with E-state index in [0.717, 1.165) is 18.5 Å². The fraction of sp³-hybridized carbons (Fsp3) is 0.556. The van der Waals surface area contributed by atoms with E-state index in [1.54, 1.807) is 0 Å². The highest BCUT2D eigenvalue weighted by molar-refractivity contribution is 5.94. The lowest BCUT2D eigenvalue weighted by atomic mass is 10.0. The lowest BCUT2D eigenvalue weighted by Crippen LogP contribution is -2.26. The molecule has 23 heavy (non-hydrogen) atoms. The monoisotopic (exact) mass is 319 g/mol. The van der Waals surface area contributed by atoms with Crippen LogP contribution in [-0.4, -0.2) is 24.1 Å². The Morgan fingerprint density at radius 3 is 2.26 bits per heavy atom. The third-order valence-corrected chi connectivity index (χ3v) is 3.27. The van der Waals surface area contributed by atoms with Gasteiger partial charge >= 0.3 is 5.97 Å². The zero-order chi connectivity index (χ0) is 17.5. The van der Waals surface area contributed by atoms with Gasteiger partial charge in [-0.2, -0.15) is 0 Å². The SMILES string of the molecule is CCc1cccc(CC)c1NC(N)=NCCC(=O)OC(C)(C)C. The number of para-hydroxylation sites is 1. The minimum atomic E-state index is -0.472. The van der Waals surface area contributed by atoms with Crippen LogP contribution in [-0.2, 0) is 22.4 Å². The molecule has 0 heterocycles. The molecule has 0 unspecified atom stereocenters. The number of esters is 1. The second kappa shape index (κ2) is 8.56. The molecule has 0 bridgehead atoms. The molecular weight excluding hydrogens is 290 g/mol. The fourth-order valence-corrected chi connectivity index (χ4v) is 2.23. The van der Waals surface area contributed by atoms with Crippen molar-refractivity contribution in [2.45, 2.75) is 59.5 Å². The van der Waals surface area contributed by atoms with Crippen molar-refractivity contribution in [1.82, 2.24) is 0 Å². The summed E-state index contributed by atoms with van der Waals surface area (Å²) < 4.78 is 5.24. The highest BCUT2D eigenvalue weighted by Gasteiger charge is 2.15. The van der Waals surface area contributed by atoms with E-state index in [9.17, 15) is 4.79 Å². The van der Waals surface area contributed by atoms with Crippen LogP contribution in [0.1, 0.15) is 52.2 Å². The van der Waals surface area contributed by atoms with E-state index in [0.29, 0.717) is 12.5 Å². The molecule has 0 saturated carbocycles. The maximum Gasteiger partial charge on any atom is 0.308 e. The van der Waals surface area contributed by atoms with Crippen LogP contribution in [0.25, 0.3) is 0 Å². The van der Waals surface area contributed by atoms with Crippen LogP contribution in [0.15, 0.2) is 23.2 Å². The predicted octanol–water partition coefficient (Wildman–Crippen LogP) is 3.27. The number of carbonyl (C=O) groups excluding carboxylic acids is 1. The third kappa shape index (κ3) is 6.72. The van der Waals surface area contributed by atoms with Gasteiger partial charge in [0.15, 0.2) is 5.96 Å². The van der Waals surface area contributed by atoms with E-state index in [4.69, 9.17) is 10.5 Å². The molecule has 0 amide bonds. The average Bonchev–Trinajstić information content (AvgIpc) is 2.45. The van der Waals surface area contributed by atoms with E-state index in [2.05, 4.69) is 42.4 Å². The second-order valence-corrected chi connectivity index (χ2v) is 6.39. The molecule has 0 fully saturated rings. The standard InChI is InChI=1S/C18H29N3O2/c1-6-13-9-8-10-14(7-2)16(13)21-17(19)20-12-11-15(22)23-18(3,4)5/h8-10H,6-7,11-12H2,1-5H3,(H3,19,20,21). The molecule has 1 rings (SSSR count). The Morgan fingerprint density at radius 2 is 1.78 bits per heavy atom. The lowest BCUT2D eigenvalue weighted by Gasteiger charge is -2.19. The summed E-state index contributed by atoms with van der Waals surface area (Å²) >= 11 is 0. The van der Waals surface area contributed by atoms with Crippen LogP contribution >= 0.6 is 0 Å². The number of nitrogens with zero attached hydrogens (tertiary/aromatic N) is 1. The van der Waals surface area contributed by atoms with Crippen molar-refractivity contribution in [3.05, 3.63) is 29.3 Å². The number of hydrogen-bond acceptors (Lipinski definition) is 3. The van der Waals surface area contributed by atoms with Gasteiger partial charge in [0, 0.05) is 5.69 Å². The van der Waals surface area contributed by atoms with Crippen LogP contribution in [0.5, 0.6) is 0 Å². The number of anilines is 1. The van der Waals surface area contributed by atoms with Gasteiger partial charge in [0.05, 0.1) is 13.0 Å².